The molecule has 0 aliphatic heterocycles. The normalized spacial score (nSPS) is 10.4. The third-order valence-corrected chi connectivity index (χ3v) is 4.31. The zero-order valence-corrected chi connectivity index (χ0v) is 16.1. The summed E-state index contributed by atoms with van der Waals surface area (Å²) < 4.78 is 0. The zero-order valence-electron chi connectivity index (χ0n) is 16.1. The molecule has 1 aromatic heterocycles. The molecule has 0 aliphatic carbocycles. The molecule has 1 heterocycles. The number of nitrogens with one attached hydrogen (secondary N) is 1. The van der Waals surface area contributed by atoms with E-state index in [2.05, 4.69) is 26.6 Å². The predicted octanol–water partition coefficient (Wildman–Crippen LogP) is 5.51. The number of rotatable bonds is 5. The van der Waals surface area contributed by atoms with Crippen LogP contribution in [0, 0.1) is 46.6 Å². The Hall–Kier alpha value is -4.63. The van der Waals surface area contributed by atoms with Crippen molar-refractivity contribution in [2.24, 2.45) is 10.2 Å². The first-order valence-corrected chi connectivity index (χ1v) is 8.78. The van der Waals surface area contributed by atoms with E-state index in [4.69, 9.17) is 0 Å². The van der Waals surface area contributed by atoms with Gasteiger partial charge in [0.2, 0.25) is 0 Å². The Morgan fingerprint density at radius 1 is 1.07 bits per heavy atom. The molecule has 0 saturated heterocycles. The zero-order chi connectivity index (χ0) is 21.7. The number of aryl methyl sites for hydroxylation is 1. The van der Waals surface area contributed by atoms with Gasteiger partial charge in [-0.05, 0) is 37.6 Å². The van der Waals surface area contributed by atoms with Crippen molar-refractivity contribution in [2.45, 2.75) is 13.8 Å². The van der Waals surface area contributed by atoms with Gasteiger partial charge >= 0.3 is 0 Å². The number of nitro benzene ring substituents is 1. The standard InChI is InChI=1S/C21H15N7O2/c1-13-18(12-23)21(25-16-6-4-3-5-7-16)24-14(2)20(13)27-26-19-9-8-17(28(29)30)10-15(19)11-22/h3-10H,1-2H3,(H,24,25). The highest BCUT2D eigenvalue weighted by molar-refractivity contribution is 5.70. The molecule has 0 amide bonds. The van der Waals surface area contributed by atoms with E-state index in [0.29, 0.717) is 28.3 Å². The van der Waals surface area contributed by atoms with Crippen LogP contribution in [0.1, 0.15) is 22.4 Å². The van der Waals surface area contributed by atoms with Gasteiger partial charge in [-0.15, -0.1) is 10.2 Å². The van der Waals surface area contributed by atoms with Crippen LogP contribution in [-0.2, 0) is 0 Å². The molecule has 0 spiro atoms. The van der Waals surface area contributed by atoms with E-state index in [1.54, 1.807) is 13.8 Å². The maximum Gasteiger partial charge on any atom is 0.270 e. The highest BCUT2D eigenvalue weighted by atomic mass is 16.6. The van der Waals surface area contributed by atoms with Crippen LogP contribution in [0.15, 0.2) is 58.8 Å². The van der Waals surface area contributed by atoms with Crippen LogP contribution in [0.5, 0.6) is 0 Å². The summed E-state index contributed by atoms with van der Waals surface area (Å²) in [5.74, 6) is 0.408. The monoisotopic (exact) mass is 397 g/mol. The quantitative estimate of drug-likeness (QED) is 0.342. The maximum absolute atomic E-state index is 10.9. The summed E-state index contributed by atoms with van der Waals surface area (Å²) in [6.07, 6.45) is 0. The minimum atomic E-state index is -0.586. The Labute approximate surface area is 172 Å². The first kappa shape index (κ1) is 20.1. The largest absolute Gasteiger partial charge is 0.339 e. The number of azo groups is 1. The summed E-state index contributed by atoms with van der Waals surface area (Å²) >= 11 is 0. The summed E-state index contributed by atoms with van der Waals surface area (Å²) in [5.41, 5.74) is 2.63. The Bertz CT molecular complexity index is 1240. The van der Waals surface area contributed by atoms with E-state index >= 15 is 0 Å². The minimum Gasteiger partial charge on any atom is -0.339 e. The average molecular weight is 397 g/mol. The molecule has 0 radical (unpaired) electrons. The summed E-state index contributed by atoms with van der Waals surface area (Å²) in [6.45, 7) is 3.47. The van der Waals surface area contributed by atoms with Gasteiger partial charge in [-0.25, -0.2) is 4.98 Å². The van der Waals surface area contributed by atoms with Crippen molar-refractivity contribution < 1.29 is 4.92 Å². The second-order valence-corrected chi connectivity index (χ2v) is 6.27. The topological polar surface area (TPSA) is 140 Å². The number of hydrogen-bond acceptors (Lipinski definition) is 8. The number of benzene rings is 2. The third-order valence-electron chi connectivity index (χ3n) is 4.31. The van der Waals surface area contributed by atoms with E-state index in [0.717, 1.165) is 11.8 Å². The molecule has 1 N–H and O–H groups in total. The SMILES string of the molecule is Cc1nc(Nc2ccccc2)c(C#N)c(C)c1N=Nc1ccc([N+](=O)[O-])cc1C#N. The van der Waals surface area contributed by atoms with Crippen molar-refractivity contribution in [1.82, 2.24) is 4.98 Å². The third kappa shape index (κ3) is 4.11. The van der Waals surface area contributed by atoms with Gasteiger partial charge < -0.3 is 5.32 Å². The van der Waals surface area contributed by atoms with Crippen molar-refractivity contribution in [2.75, 3.05) is 5.32 Å². The Balaban J connectivity index is 2.01. The van der Waals surface area contributed by atoms with Crippen LogP contribution in [0.3, 0.4) is 0 Å². The van der Waals surface area contributed by atoms with Crippen molar-refractivity contribution in [1.29, 1.82) is 10.5 Å². The first-order chi connectivity index (χ1) is 14.4. The molecule has 9 heteroatoms. The number of para-hydroxylation sites is 1. The van der Waals surface area contributed by atoms with Crippen molar-refractivity contribution in [3.05, 3.63) is 81.0 Å². The molecule has 146 valence electrons. The lowest BCUT2D eigenvalue weighted by Crippen LogP contribution is -2.01. The molecular weight excluding hydrogens is 382 g/mol. The number of aromatic nitrogens is 1. The maximum atomic E-state index is 10.9. The van der Waals surface area contributed by atoms with Gasteiger partial charge in [0.05, 0.1) is 21.7 Å². The van der Waals surface area contributed by atoms with Crippen molar-refractivity contribution in [3.8, 4) is 12.1 Å². The van der Waals surface area contributed by atoms with Crippen LogP contribution in [-0.4, -0.2) is 9.91 Å². The van der Waals surface area contributed by atoms with Gasteiger partial charge in [0.1, 0.15) is 29.3 Å². The predicted molar refractivity (Wildman–Crippen MR) is 110 cm³/mol. The molecule has 0 fully saturated rings. The van der Waals surface area contributed by atoms with Gasteiger partial charge in [0.15, 0.2) is 0 Å². The molecule has 9 nitrogen and oxygen atoms in total. The fourth-order valence-corrected chi connectivity index (χ4v) is 2.79. The lowest BCUT2D eigenvalue weighted by molar-refractivity contribution is -0.384. The van der Waals surface area contributed by atoms with E-state index < -0.39 is 4.92 Å². The Morgan fingerprint density at radius 2 is 1.80 bits per heavy atom. The van der Waals surface area contributed by atoms with Gasteiger partial charge in [-0.2, -0.15) is 10.5 Å². The van der Waals surface area contributed by atoms with Gasteiger partial charge in [0, 0.05) is 17.8 Å². The van der Waals surface area contributed by atoms with E-state index in [1.807, 2.05) is 36.4 Å². The van der Waals surface area contributed by atoms with Crippen molar-refractivity contribution in [3.63, 3.8) is 0 Å². The van der Waals surface area contributed by atoms with E-state index in [-0.39, 0.29) is 16.9 Å². The molecule has 3 aromatic rings. The minimum absolute atomic E-state index is 0.0269. The second kappa shape index (κ2) is 8.59. The summed E-state index contributed by atoms with van der Waals surface area (Å²) in [6, 6.07) is 17.1. The fourth-order valence-electron chi connectivity index (χ4n) is 2.79. The molecule has 2 aromatic carbocycles. The Kier molecular flexibility index (Phi) is 5.76. The fraction of sp³-hybridized carbons (Fsp3) is 0.0952. The second-order valence-electron chi connectivity index (χ2n) is 6.27. The van der Waals surface area contributed by atoms with Gasteiger partial charge in [-0.3, -0.25) is 10.1 Å². The van der Waals surface area contributed by atoms with E-state index in [9.17, 15) is 20.6 Å². The highest BCUT2D eigenvalue weighted by Crippen LogP contribution is 2.33. The molecule has 30 heavy (non-hydrogen) atoms. The molecule has 0 aliphatic rings. The van der Waals surface area contributed by atoms with E-state index in [1.165, 1.54) is 12.1 Å². The molecule has 0 saturated carbocycles. The van der Waals surface area contributed by atoms with Crippen LogP contribution < -0.4 is 5.32 Å². The van der Waals surface area contributed by atoms with Gasteiger partial charge in [-0.1, -0.05) is 18.2 Å². The Morgan fingerprint density at radius 3 is 2.43 bits per heavy atom. The number of non-ortho nitro benzene ring substituents is 1. The number of anilines is 2. The highest BCUT2D eigenvalue weighted by Gasteiger charge is 2.16. The van der Waals surface area contributed by atoms with Gasteiger partial charge in [0.25, 0.3) is 5.69 Å². The molecule has 0 unspecified atom stereocenters. The number of pyridine rings is 1. The first-order valence-electron chi connectivity index (χ1n) is 8.78. The molecular formula is C21H15N7O2. The number of hydrogen-bond donors (Lipinski definition) is 1. The van der Waals surface area contributed by atoms with Crippen molar-refractivity contribution >= 4 is 28.6 Å². The summed E-state index contributed by atoms with van der Waals surface area (Å²) in [7, 11) is 0. The molecule has 0 bridgehead atoms. The molecule has 3 rings (SSSR count). The summed E-state index contributed by atoms with van der Waals surface area (Å²) in [5, 5.41) is 41.1. The van der Waals surface area contributed by atoms with Crippen LogP contribution in [0.25, 0.3) is 0 Å². The molecule has 0 atom stereocenters. The summed E-state index contributed by atoms with van der Waals surface area (Å²) in [4.78, 5) is 14.7. The average Bonchev–Trinajstić information content (AvgIpc) is 2.74. The lowest BCUT2D eigenvalue weighted by atomic mass is 10.1. The number of nitriles is 2. The number of nitro groups is 1. The number of nitrogens with zero attached hydrogens (tertiary/aromatic N) is 6. The van der Waals surface area contributed by atoms with Crippen LogP contribution in [0.4, 0.5) is 28.6 Å². The van der Waals surface area contributed by atoms with Crippen LogP contribution in [0.2, 0.25) is 0 Å². The lowest BCUT2D eigenvalue weighted by Gasteiger charge is -2.12. The smallest absolute Gasteiger partial charge is 0.270 e. The van der Waals surface area contributed by atoms with Crippen LogP contribution >= 0.6 is 0 Å².